The molecule has 3 N–H and O–H groups in total. The minimum atomic E-state index is -4.64. The van der Waals surface area contributed by atoms with Crippen molar-refractivity contribution in [2.24, 2.45) is 0 Å². The maximum Gasteiger partial charge on any atom is 0 e. The average Bonchev–Trinajstić information content (AvgIpc) is 0.722. The second-order valence-corrected chi connectivity index (χ2v) is 1.54. The molecule has 0 atom stereocenters. The van der Waals surface area contributed by atoms with Gasteiger partial charge >= 0.3 is 37.4 Å². The van der Waals surface area contributed by atoms with Crippen LogP contribution in [0, 0.1) is 0 Å². The van der Waals surface area contributed by atoms with Crippen LogP contribution in [0.5, 0.6) is 0 Å². The van der Waals surface area contributed by atoms with Crippen molar-refractivity contribution >= 4 is 37.4 Å². The number of rotatable bonds is 0. The van der Waals surface area contributed by atoms with Gasteiger partial charge in [0.1, 0.15) is 0 Å². The maximum absolute atomic E-state index is 8.88. The van der Waals surface area contributed by atoms with Crippen molar-refractivity contribution in [1.82, 2.24) is 0 Å². The first-order valence-electron chi connectivity index (χ1n) is 0.783. The summed E-state index contributed by atoms with van der Waals surface area (Å²) in [4.78, 5) is 21.6. The van der Waals surface area contributed by atoms with Gasteiger partial charge in [-0.25, -0.2) is 4.57 Å². The summed E-state index contributed by atoms with van der Waals surface area (Å²) in [5.74, 6) is 0. The van der Waals surface area contributed by atoms with Gasteiger partial charge in [0.15, 0.2) is 0 Å². The first-order chi connectivity index (χ1) is 2.00. The molecular formula is H4MnNaNiO4P. The van der Waals surface area contributed by atoms with Gasteiger partial charge in [0, 0.05) is 33.6 Å². The van der Waals surface area contributed by atoms with E-state index in [1.54, 1.807) is 0 Å². The molecule has 0 aromatic heterocycles. The van der Waals surface area contributed by atoms with Crippen LogP contribution in [0.4, 0.5) is 0 Å². The molecule has 0 aromatic rings. The predicted molar refractivity (Wildman–Crippen MR) is 21.4 cm³/mol. The Morgan fingerprint density at radius 1 is 1.12 bits per heavy atom. The van der Waals surface area contributed by atoms with Crippen LogP contribution in [-0.2, 0) is 38.1 Å². The van der Waals surface area contributed by atoms with Gasteiger partial charge in [0.2, 0.25) is 0 Å². The van der Waals surface area contributed by atoms with E-state index in [0.29, 0.717) is 0 Å². The largest absolute Gasteiger partial charge is 0 e. The van der Waals surface area contributed by atoms with E-state index < -0.39 is 7.82 Å². The van der Waals surface area contributed by atoms with Crippen LogP contribution in [0.15, 0.2) is 0 Å². The van der Waals surface area contributed by atoms with Crippen molar-refractivity contribution in [1.29, 1.82) is 0 Å². The molecule has 0 aliphatic carbocycles. The van der Waals surface area contributed by atoms with Crippen molar-refractivity contribution < 1.29 is 52.8 Å². The van der Waals surface area contributed by atoms with E-state index in [1.165, 1.54) is 0 Å². The second kappa shape index (κ2) is 9.12. The number of phosphoric acid groups is 1. The molecule has 0 aromatic carbocycles. The maximum atomic E-state index is 8.88. The molecule has 8 heteroatoms. The fraction of sp³-hybridized carbons (Fsp3) is 0. The number of hydrogen-bond acceptors (Lipinski definition) is 1. The van der Waals surface area contributed by atoms with E-state index in [9.17, 15) is 0 Å². The van der Waals surface area contributed by atoms with Gasteiger partial charge in [0.05, 0.1) is 0 Å². The van der Waals surface area contributed by atoms with Gasteiger partial charge in [-0.3, -0.25) is 0 Å². The quantitative estimate of drug-likeness (QED) is 0.350. The van der Waals surface area contributed by atoms with Gasteiger partial charge in [-0.05, 0) is 0 Å². The molecule has 51 valence electrons. The third-order valence-electron chi connectivity index (χ3n) is 0. The van der Waals surface area contributed by atoms with Crippen molar-refractivity contribution in [2.75, 3.05) is 0 Å². The van der Waals surface area contributed by atoms with Crippen LogP contribution in [0.25, 0.3) is 0 Å². The molecular weight excluding hydrogens is 232 g/mol. The zero-order valence-corrected chi connectivity index (χ0v) is 5.95. The summed E-state index contributed by atoms with van der Waals surface area (Å²) in [6, 6.07) is 0. The van der Waals surface area contributed by atoms with Gasteiger partial charge in [0.25, 0.3) is 0 Å². The van der Waals surface area contributed by atoms with E-state index in [0.717, 1.165) is 0 Å². The molecule has 0 fully saturated rings. The summed E-state index contributed by atoms with van der Waals surface area (Å²) < 4.78 is 8.88. The standard InChI is InChI=1S/Mn.Na.Ni.H3O4P.H/c;;;1-5(2,3)4;/h;;;(H3,1,2,3,4);. The Labute approximate surface area is 89.4 Å². The fourth-order valence-corrected chi connectivity index (χ4v) is 0. The van der Waals surface area contributed by atoms with Gasteiger partial charge in [-0.1, -0.05) is 0 Å². The first-order valence-corrected chi connectivity index (χ1v) is 2.35. The zero-order valence-electron chi connectivity index (χ0n) is 2.89. The molecule has 0 spiro atoms. The van der Waals surface area contributed by atoms with Gasteiger partial charge < -0.3 is 14.7 Å². The van der Waals surface area contributed by atoms with Crippen LogP contribution in [0.3, 0.4) is 0 Å². The Balaban J connectivity index is -0.0000000267. The molecule has 0 saturated carbocycles. The molecule has 1 radical (unpaired) electrons. The van der Waals surface area contributed by atoms with E-state index in [4.69, 9.17) is 19.2 Å². The van der Waals surface area contributed by atoms with Crippen LogP contribution in [0.1, 0.15) is 0 Å². The minimum absolute atomic E-state index is 0. The molecule has 0 rings (SSSR count). The average molecular weight is 236 g/mol. The zero-order chi connectivity index (χ0) is 4.50. The molecule has 0 heterocycles. The Morgan fingerprint density at radius 2 is 1.12 bits per heavy atom. The summed E-state index contributed by atoms with van der Waals surface area (Å²) in [7, 11) is -4.64. The summed E-state index contributed by atoms with van der Waals surface area (Å²) >= 11 is 0. The molecule has 0 aliphatic heterocycles. The normalized spacial score (nSPS) is 7.38. The van der Waals surface area contributed by atoms with Crippen molar-refractivity contribution in [3.63, 3.8) is 0 Å². The van der Waals surface area contributed by atoms with Crippen molar-refractivity contribution in [2.45, 2.75) is 0 Å². The minimum Gasteiger partial charge on any atom is 0 e. The summed E-state index contributed by atoms with van der Waals surface area (Å²) in [5.41, 5.74) is 0. The Bertz CT molecular complexity index is 62.2. The topological polar surface area (TPSA) is 77.8 Å². The Kier molecular flexibility index (Phi) is 25.6. The van der Waals surface area contributed by atoms with Gasteiger partial charge in [-0.15, -0.1) is 0 Å². The van der Waals surface area contributed by atoms with E-state index in [-0.39, 0.29) is 63.1 Å². The summed E-state index contributed by atoms with van der Waals surface area (Å²) in [6.45, 7) is 0. The first kappa shape index (κ1) is 22.5. The predicted octanol–water partition coefficient (Wildman–Crippen LogP) is -1.58. The Morgan fingerprint density at radius 3 is 1.12 bits per heavy atom. The molecule has 0 amide bonds. The monoisotopic (exact) mass is 235 g/mol. The van der Waals surface area contributed by atoms with Crippen LogP contribution >= 0.6 is 7.82 Å². The van der Waals surface area contributed by atoms with Crippen molar-refractivity contribution in [3.8, 4) is 0 Å². The number of hydrogen-bond donors (Lipinski definition) is 3. The van der Waals surface area contributed by atoms with Crippen LogP contribution < -0.4 is 0 Å². The fourth-order valence-electron chi connectivity index (χ4n) is 0. The molecule has 0 unspecified atom stereocenters. The molecule has 0 aliphatic rings. The molecule has 0 saturated heterocycles. The van der Waals surface area contributed by atoms with E-state index in [2.05, 4.69) is 0 Å². The third kappa shape index (κ3) is 91.4. The third-order valence-corrected chi connectivity index (χ3v) is 0. The van der Waals surface area contributed by atoms with Crippen LogP contribution in [0.2, 0.25) is 0 Å². The van der Waals surface area contributed by atoms with E-state index in [1.807, 2.05) is 0 Å². The van der Waals surface area contributed by atoms with E-state index >= 15 is 0 Å². The second-order valence-electron chi connectivity index (χ2n) is 0.513. The Hall–Kier alpha value is 2.12. The SMILES string of the molecule is O=P(O)(O)O.[Mn].[NaH].[Ni]. The van der Waals surface area contributed by atoms with Crippen molar-refractivity contribution in [3.05, 3.63) is 0 Å². The molecule has 4 nitrogen and oxygen atoms in total. The van der Waals surface area contributed by atoms with Gasteiger partial charge in [-0.2, -0.15) is 0 Å². The van der Waals surface area contributed by atoms with Crippen LogP contribution in [-0.4, -0.2) is 44.2 Å². The molecule has 0 bridgehead atoms. The summed E-state index contributed by atoms with van der Waals surface area (Å²) in [5, 5.41) is 0. The molecule has 8 heavy (non-hydrogen) atoms. The smallest absolute Gasteiger partial charge is 0 e. The summed E-state index contributed by atoms with van der Waals surface area (Å²) in [6.07, 6.45) is 0.